The van der Waals surface area contributed by atoms with Crippen LogP contribution in [-0.4, -0.2) is 152 Å². The fraction of sp³-hybridized carbons (Fsp3) is 0.519. The third-order valence-corrected chi connectivity index (χ3v) is 18.0. The van der Waals surface area contributed by atoms with Crippen molar-refractivity contribution >= 4 is 70.5 Å². The van der Waals surface area contributed by atoms with E-state index in [0.29, 0.717) is 25.8 Å². The molecule has 0 aliphatic carbocycles. The topological polar surface area (TPSA) is 250 Å². The Morgan fingerprint density at radius 3 is 1.88 bits per heavy atom. The Labute approximate surface area is 449 Å². The Hall–Kier alpha value is -6.33. The summed E-state index contributed by atoms with van der Waals surface area (Å²) in [4.78, 5) is 139. The number of anilines is 2. The summed E-state index contributed by atoms with van der Waals surface area (Å²) in [6.45, 7) is 13.2. The first-order chi connectivity index (χ1) is 35.5. The molecule has 75 heavy (non-hydrogen) atoms. The first-order valence-corrected chi connectivity index (χ1v) is 27.4. The Kier molecular flexibility index (Phi) is 21.0. The van der Waals surface area contributed by atoms with Crippen LogP contribution >= 0.6 is 0 Å². The van der Waals surface area contributed by atoms with Crippen molar-refractivity contribution in [2.24, 2.45) is 23.7 Å². The molecule has 20 nitrogen and oxygen atoms in total. The molecule has 0 spiro atoms. The predicted molar refractivity (Wildman–Crippen MR) is 273 cm³/mol. The van der Waals surface area contributed by atoms with E-state index in [1.807, 2.05) is 33.8 Å². The van der Waals surface area contributed by atoms with Crippen molar-refractivity contribution in [3.05, 3.63) is 84.0 Å². The van der Waals surface area contributed by atoms with E-state index in [1.165, 1.54) is 42.6 Å². The van der Waals surface area contributed by atoms with Crippen LogP contribution in [0.15, 0.2) is 72.8 Å². The van der Waals surface area contributed by atoms with E-state index in [4.69, 9.17) is 9.47 Å². The minimum absolute atomic E-state index is 0.0269. The molecule has 0 bridgehead atoms. The molecule has 21 heteroatoms. The molecule has 1 fully saturated rings. The Balaban J connectivity index is 1.29. The van der Waals surface area contributed by atoms with Gasteiger partial charge in [0.05, 0.1) is 12.0 Å². The summed E-state index contributed by atoms with van der Waals surface area (Å²) >= 11 is -1.46. The number of nitrogens with zero attached hydrogens (tertiary/aromatic N) is 5. The van der Waals surface area contributed by atoms with Gasteiger partial charge in [-0.3, -0.25) is 4.79 Å². The van der Waals surface area contributed by atoms with Gasteiger partial charge in [-0.2, -0.15) is 0 Å². The second-order valence-electron chi connectivity index (χ2n) is 19.8. The van der Waals surface area contributed by atoms with Crippen LogP contribution in [0.5, 0.6) is 0 Å². The number of likely N-dealkylation sites (N-methyl/N-ethyl adjacent to an activating group) is 1. The van der Waals surface area contributed by atoms with Gasteiger partial charge in [0, 0.05) is 13.5 Å². The molecule has 3 N–H and O–H groups in total. The van der Waals surface area contributed by atoms with E-state index in [2.05, 4.69) is 10.6 Å². The fourth-order valence-corrected chi connectivity index (χ4v) is 12.3. The number of hydrogen-bond acceptors (Lipinski definition) is 12. The molecule has 2 aromatic carbocycles. The maximum absolute atomic E-state index is 14.8. The average molecular weight is 1150 g/mol. The molecular weight excluding hydrogens is 1080 g/mol. The van der Waals surface area contributed by atoms with Gasteiger partial charge in [-0.15, -0.1) is 0 Å². The number of likely N-dealkylation sites (tertiary alicyclic amines) is 1. The number of imide groups is 2. The average Bonchev–Trinajstić information content (AvgIpc) is 4.10. The number of hydrogen-bond donors (Lipinski definition) is 3. The van der Waals surface area contributed by atoms with Gasteiger partial charge in [0.25, 0.3) is 0 Å². The van der Waals surface area contributed by atoms with Crippen LogP contribution in [0.1, 0.15) is 90.1 Å². The third kappa shape index (κ3) is 13.9. The minimum atomic E-state index is -1.46. The molecule has 3 heterocycles. The second-order valence-corrected chi connectivity index (χ2v) is 23.2. The number of halogens is 1. The molecule has 5 rings (SSSR count). The van der Waals surface area contributed by atoms with Crippen LogP contribution < -0.4 is 41.9 Å². The molecular formula is C54H71IN7O13-. The van der Waals surface area contributed by atoms with Gasteiger partial charge < -0.3 is 15.2 Å². The van der Waals surface area contributed by atoms with E-state index in [1.54, 1.807) is 61.9 Å². The number of ether oxygens (including phenoxy) is 2. The normalized spacial score (nSPS) is 18.8. The molecule has 0 saturated carbocycles. The number of carboxylic acid groups (broad SMARTS) is 1. The number of benzene rings is 2. The number of carbonyl (C=O) groups is 10. The summed E-state index contributed by atoms with van der Waals surface area (Å²) in [5.74, 6) is -7.92. The van der Waals surface area contributed by atoms with Gasteiger partial charge in [-0.25, -0.2) is 4.79 Å². The molecule has 0 aromatic heterocycles. The van der Waals surface area contributed by atoms with E-state index in [0.717, 1.165) is 39.7 Å². The van der Waals surface area contributed by atoms with Crippen LogP contribution in [-0.2, 0) is 59.0 Å². The number of amides is 9. The predicted octanol–water partition coefficient (Wildman–Crippen LogP) is 0.519. The molecule has 9 amide bonds. The van der Waals surface area contributed by atoms with Crippen LogP contribution in [0.25, 0.3) is 0 Å². The van der Waals surface area contributed by atoms with Crippen molar-refractivity contribution in [3.63, 3.8) is 0 Å². The first-order valence-electron chi connectivity index (χ1n) is 25.1. The molecule has 3 aliphatic rings. The summed E-state index contributed by atoms with van der Waals surface area (Å²) in [5, 5.41) is 15.6. The molecule has 3 aliphatic heterocycles. The summed E-state index contributed by atoms with van der Waals surface area (Å²) < 4.78 is 12.6. The molecule has 2 unspecified atom stereocenters. The van der Waals surface area contributed by atoms with Crippen LogP contribution in [0.4, 0.5) is 11.4 Å². The number of carbonyl (C=O) groups excluding carboxylic acids is 9. The number of methoxy groups -OCH3 is 2. The second kappa shape index (κ2) is 26.4. The Morgan fingerprint density at radius 2 is 1.36 bits per heavy atom. The first kappa shape index (κ1) is 59.5. The fourth-order valence-electron chi connectivity index (χ4n) is 9.76. The summed E-state index contributed by atoms with van der Waals surface area (Å²) in [6, 6.07) is 9.57. The molecule has 1 saturated heterocycles. The van der Waals surface area contributed by atoms with Gasteiger partial charge in [0.15, 0.2) is 0 Å². The zero-order valence-electron chi connectivity index (χ0n) is 44.5. The van der Waals surface area contributed by atoms with Crippen molar-refractivity contribution in [1.29, 1.82) is 0 Å². The Bertz CT molecular complexity index is 2520. The molecule has 9 atom stereocenters. The Morgan fingerprint density at radius 1 is 0.773 bits per heavy atom. The van der Waals surface area contributed by atoms with Gasteiger partial charge >= 0.3 is 333 Å². The number of carboxylic acids is 1. The van der Waals surface area contributed by atoms with Gasteiger partial charge in [-0.05, 0) is 18.4 Å². The van der Waals surface area contributed by atoms with Crippen molar-refractivity contribution in [2.75, 3.05) is 44.7 Å². The summed E-state index contributed by atoms with van der Waals surface area (Å²) in [7, 11) is 6.10. The van der Waals surface area contributed by atoms with Crippen molar-refractivity contribution in [1.82, 2.24) is 23.5 Å². The third-order valence-electron chi connectivity index (χ3n) is 14.1. The van der Waals surface area contributed by atoms with Crippen molar-refractivity contribution in [2.45, 2.75) is 121 Å². The zero-order valence-corrected chi connectivity index (χ0v) is 46.6. The van der Waals surface area contributed by atoms with Crippen molar-refractivity contribution < 1.29 is 84.0 Å². The number of alkyl halides is 1. The van der Waals surface area contributed by atoms with Gasteiger partial charge in [0.2, 0.25) is 5.91 Å². The van der Waals surface area contributed by atoms with E-state index in [9.17, 15) is 53.1 Å². The number of aliphatic carboxylic acids is 1. The molecule has 0 radical (unpaired) electrons. The van der Waals surface area contributed by atoms with Crippen LogP contribution in [0.3, 0.4) is 0 Å². The SMILES string of the molecule is CC[C@H](C)[C@@H]([C@@H](CC(=O)N1CCC[C@H]1[C@H](OC)[C@@H](C)C(=O)NC(Cc1ccccc1)C(=O)O)OC)N(C)C(=O)[C@@H](NC(=O)C([I-]N(C)C(=O)c1ccc(N2C(=O)C=CC2=O)c(N2C(=O)C=CC2=O)c1)C(C)C)C(C)C. The number of nitrogens with one attached hydrogen (secondary N) is 2. The quantitative estimate of drug-likeness (QED) is 0.0532. The summed E-state index contributed by atoms with van der Waals surface area (Å²) in [5.41, 5.74) is 0.561. The standard InChI is InChI=1S/C54H71IN7O13/c1-12-32(6)48(40(74-10)29-45(67)60-26-16-19-38(60)49(75-11)33(7)50(68)56-36(54(72)73)27-34-17-14-13-15-18-34)58(8)53(71)47(31(4)5)57-51(69)46(30(2)3)55-59(9)52(70)35-20-21-37(61-41(63)22-23-42(61)64)39(28-35)62-43(65)24-25-44(62)66/h13-15,17-18,20-25,28,30-33,36,38,40,46-49H,12,16,19,26-27,29H2,1-11H3,(H,56,68)(H,57,69)(H,72,73)/q-1/t32-,33+,36?,38-,40+,46?,47-,48-,49+/m0/s1. The zero-order chi connectivity index (χ0) is 55.6. The van der Waals surface area contributed by atoms with Gasteiger partial charge in [-0.1, -0.05) is 37.3 Å². The molecule has 408 valence electrons. The summed E-state index contributed by atoms with van der Waals surface area (Å²) in [6.07, 6.45) is 4.38. The van der Waals surface area contributed by atoms with E-state index >= 15 is 0 Å². The van der Waals surface area contributed by atoms with E-state index in [-0.39, 0.29) is 47.5 Å². The van der Waals surface area contributed by atoms with Crippen LogP contribution in [0.2, 0.25) is 0 Å². The number of rotatable bonds is 25. The maximum atomic E-state index is 14.8. The monoisotopic (exact) mass is 1150 g/mol. The molecule has 2 aromatic rings. The van der Waals surface area contributed by atoms with Gasteiger partial charge in [0.1, 0.15) is 6.04 Å². The van der Waals surface area contributed by atoms with E-state index < -0.39 is 127 Å². The van der Waals surface area contributed by atoms with Crippen LogP contribution in [0, 0.1) is 23.7 Å². The van der Waals surface area contributed by atoms with Crippen molar-refractivity contribution in [3.8, 4) is 0 Å².